The molecule has 0 amide bonds. The third kappa shape index (κ3) is 1.50. The van der Waals surface area contributed by atoms with Crippen molar-refractivity contribution in [3.8, 4) is 0 Å². The van der Waals surface area contributed by atoms with Crippen LogP contribution in [-0.2, 0) is 6.42 Å². The zero-order chi connectivity index (χ0) is 12.2. The molecule has 0 spiro atoms. The van der Waals surface area contributed by atoms with Crippen molar-refractivity contribution in [1.82, 2.24) is 0 Å². The van der Waals surface area contributed by atoms with E-state index in [1.807, 2.05) is 13.2 Å². The van der Waals surface area contributed by atoms with Gasteiger partial charge in [-0.2, -0.15) is 0 Å². The van der Waals surface area contributed by atoms with E-state index < -0.39 is 0 Å². The average molecular weight is 232 g/mol. The lowest BCUT2D eigenvalue weighted by Crippen LogP contribution is -2.32. The van der Waals surface area contributed by atoms with Crippen molar-refractivity contribution in [2.45, 2.75) is 46.0 Å². The first-order valence-electron chi connectivity index (χ1n) is 6.74. The van der Waals surface area contributed by atoms with Gasteiger partial charge in [-0.15, -0.1) is 0 Å². The summed E-state index contributed by atoms with van der Waals surface area (Å²) in [5.41, 5.74) is 2.56. The summed E-state index contributed by atoms with van der Waals surface area (Å²) in [7, 11) is 0. The van der Waals surface area contributed by atoms with Gasteiger partial charge in [0, 0.05) is 11.5 Å². The molecule has 1 heterocycles. The van der Waals surface area contributed by atoms with Crippen LogP contribution in [0.4, 0.5) is 0 Å². The van der Waals surface area contributed by atoms with E-state index >= 15 is 0 Å². The molecular weight excluding hydrogens is 212 g/mol. The Morgan fingerprint density at radius 2 is 2.18 bits per heavy atom. The third-order valence-electron chi connectivity index (χ3n) is 4.68. The minimum atomic E-state index is 0.130. The maximum Gasteiger partial charge on any atom is 0.201 e. The standard InChI is InChI=1S/C15H20O2/c1-8(2)11-5-4-10-7-17-15-13(10)12(11)6-9(3)14(15)16/h7-9,11-12H,4-6H2,1-3H3. The molecule has 3 atom stereocenters. The first-order valence-corrected chi connectivity index (χ1v) is 6.74. The molecule has 3 rings (SSSR count). The third-order valence-corrected chi connectivity index (χ3v) is 4.68. The first kappa shape index (κ1) is 11.1. The molecule has 92 valence electrons. The largest absolute Gasteiger partial charge is 0.461 e. The Hall–Kier alpha value is -1.05. The molecule has 2 heteroatoms. The number of carbonyl (C=O) groups is 1. The molecule has 2 aliphatic rings. The highest BCUT2D eigenvalue weighted by Crippen LogP contribution is 2.49. The Labute approximate surface area is 102 Å². The van der Waals surface area contributed by atoms with Crippen molar-refractivity contribution in [3.05, 3.63) is 23.2 Å². The summed E-state index contributed by atoms with van der Waals surface area (Å²) in [4.78, 5) is 12.1. The second-order valence-electron chi connectivity index (χ2n) is 6.06. The van der Waals surface area contributed by atoms with E-state index in [-0.39, 0.29) is 11.7 Å². The molecule has 0 radical (unpaired) electrons. The molecule has 0 bridgehead atoms. The van der Waals surface area contributed by atoms with Gasteiger partial charge in [-0.1, -0.05) is 20.8 Å². The quantitative estimate of drug-likeness (QED) is 0.737. The summed E-state index contributed by atoms with van der Waals surface area (Å²) in [6, 6.07) is 0. The van der Waals surface area contributed by atoms with Crippen LogP contribution in [0.5, 0.6) is 0 Å². The van der Waals surface area contributed by atoms with Crippen molar-refractivity contribution >= 4 is 5.78 Å². The molecule has 0 saturated heterocycles. The van der Waals surface area contributed by atoms with Gasteiger partial charge in [-0.25, -0.2) is 0 Å². The van der Waals surface area contributed by atoms with E-state index in [1.165, 1.54) is 17.5 Å². The van der Waals surface area contributed by atoms with Crippen molar-refractivity contribution in [2.75, 3.05) is 0 Å². The number of hydrogen-bond acceptors (Lipinski definition) is 2. The van der Waals surface area contributed by atoms with Crippen molar-refractivity contribution < 1.29 is 9.21 Å². The molecule has 3 unspecified atom stereocenters. The van der Waals surface area contributed by atoms with Gasteiger partial charge in [0.1, 0.15) is 0 Å². The fraction of sp³-hybridized carbons (Fsp3) is 0.667. The number of furan rings is 1. The predicted octanol–water partition coefficient (Wildman–Crippen LogP) is 3.80. The van der Waals surface area contributed by atoms with Gasteiger partial charge in [0.25, 0.3) is 0 Å². The van der Waals surface area contributed by atoms with E-state index in [9.17, 15) is 4.79 Å². The molecule has 1 aromatic heterocycles. The Kier molecular flexibility index (Phi) is 2.42. The Morgan fingerprint density at radius 3 is 2.88 bits per heavy atom. The van der Waals surface area contributed by atoms with E-state index in [0.29, 0.717) is 17.6 Å². The molecule has 0 N–H and O–H groups in total. The Morgan fingerprint density at radius 1 is 1.41 bits per heavy atom. The highest BCUT2D eigenvalue weighted by Gasteiger charge is 2.42. The second-order valence-corrected chi connectivity index (χ2v) is 6.06. The SMILES string of the molecule is CC1CC2c3c(coc3C1=O)CCC2C(C)C. The Balaban J connectivity index is 2.10. The Bertz CT molecular complexity index is 455. The van der Waals surface area contributed by atoms with Crippen LogP contribution in [0.3, 0.4) is 0 Å². The van der Waals surface area contributed by atoms with Gasteiger partial charge in [-0.3, -0.25) is 4.79 Å². The van der Waals surface area contributed by atoms with E-state index in [4.69, 9.17) is 4.42 Å². The topological polar surface area (TPSA) is 30.2 Å². The molecule has 1 aromatic rings. The summed E-state index contributed by atoms with van der Waals surface area (Å²) in [5, 5.41) is 0. The number of rotatable bonds is 1. The minimum absolute atomic E-state index is 0.130. The second kappa shape index (κ2) is 3.72. The molecule has 0 aromatic carbocycles. The zero-order valence-electron chi connectivity index (χ0n) is 10.8. The number of hydrogen-bond donors (Lipinski definition) is 0. The van der Waals surface area contributed by atoms with E-state index in [1.54, 1.807) is 0 Å². The monoisotopic (exact) mass is 232 g/mol. The fourth-order valence-electron chi connectivity index (χ4n) is 3.73. The van der Waals surface area contributed by atoms with Crippen LogP contribution in [-0.4, -0.2) is 5.78 Å². The normalized spacial score (nSPS) is 31.8. The first-order chi connectivity index (χ1) is 8.09. The maximum absolute atomic E-state index is 12.1. The minimum Gasteiger partial charge on any atom is -0.461 e. The molecular formula is C15H20O2. The fourth-order valence-corrected chi connectivity index (χ4v) is 3.73. The molecule has 0 aliphatic heterocycles. The maximum atomic E-state index is 12.1. The van der Waals surface area contributed by atoms with Gasteiger partial charge >= 0.3 is 0 Å². The van der Waals surface area contributed by atoms with Crippen LogP contribution in [0.1, 0.15) is 61.2 Å². The number of ketones is 1. The van der Waals surface area contributed by atoms with E-state index in [2.05, 4.69) is 13.8 Å². The molecule has 0 fully saturated rings. The lowest BCUT2D eigenvalue weighted by molar-refractivity contribution is 0.0851. The lowest BCUT2D eigenvalue weighted by atomic mass is 9.65. The highest BCUT2D eigenvalue weighted by molar-refractivity contribution is 5.98. The van der Waals surface area contributed by atoms with Crippen LogP contribution < -0.4 is 0 Å². The van der Waals surface area contributed by atoms with Crippen LogP contribution >= 0.6 is 0 Å². The average Bonchev–Trinajstić information content (AvgIpc) is 2.71. The van der Waals surface area contributed by atoms with Gasteiger partial charge in [0.2, 0.25) is 5.78 Å². The number of aryl methyl sites for hydroxylation is 1. The molecule has 17 heavy (non-hydrogen) atoms. The molecule has 0 saturated carbocycles. The van der Waals surface area contributed by atoms with Gasteiger partial charge in [0.05, 0.1) is 6.26 Å². The van der Waals surface area contributed by atoms with Gasteiger partial charge in [-0.05, 0) is 42.6 Å². The summed E-state index contributed by atoms with van der Waals surface area (Å²) in [6.45, 7) is 6.65. The van der Waals surface area contributed by atoms with Crippen molar-refractivity contribution in [2.24, 2.45) is 17.8 Å². The van der Waals surface area contributed by atoms with Gasteiger partial charge < -0.3 is 4.42 Å². The summed E-state index contributed by atoms with van der Waals surface area (Å²) < 4.78 is 5.55. The summed E-state index contributed by atoms with van der Waals surface area (Å²) in [6.07, 6.45) is 5.17. The lowest BCUT2D eigenvalue weighted by Gasteiger charge is -2.38. The summed E-state index contributed by atoms with van der Waals surface area (Å²) in [5.74, 6) is 2.98. The number of carbonyl (C=O) groups excluding carboxylic acids is 1. The van der Waals surface area contributed by atoms with Crippen LogP contribution in [0, 0.1) is 17.8 Å². The highest BCUT2D eigenvalue weighted by atomic mass is 16.3. The van der Waals surface area contributed by atoms with E-state index in [0.717, 1.165) is 18.8 Å². The summed E-state index contributed by atoms with van der Waals surface area (Å²) >= 11 is 0. The zero-order valence-corrected chi connectivity index (χ0v) is 10.8. The number of Topliss-reactive ketones (excluding diaryl/α,β-unsaturated/α-hetero) is 1. The van der Waals surface area contributed by atoms with Crippen LogP contribution in [0.25, 0.3) is 0 Å². The molecule has 2 aliphatic carbocycles. The smallest absolute Gasteiger partial charge is 0.201 e. The van der Waals surface area contributed by atoms with Gasteiger partial charge in [0.15, 0.2) is 5.76 Å². The van der Waals surface area contributed by atoms with Crippen molar-refractivity contribution in [1.29, 1.82) is 0 Å². The van der Waals surface area contributed by atoms with Crippen molar-refractivity contribution in [3.63, 3.8) is 0 Å². The van der Waals surface area contributed by atoms with Crippen LogP contribution in [0.15, 0.2) is 10.7 Å². The molecule has 2 nitrogen and oxygen atoms in total. The predicted molar refractivity (Wildman–Crippen MR) is 66.2 cm³/mol. The van der Waals surface area contributed by atoms with Crippen LogP contribution in [0.2, 0.25) is 0 Å².